The van der Waals surface area contributed by atoms with E-state index in [0.717, 1.165) is 6.42 Å². The maximum atomic E-state index is 11.9. The lowest BCUT2D eigenvalue weighted by atomic mass is 10.1. The van der Waals surface area contributed by atoms with E-state index in [1.54, 1.807) is 42.5 Å². The monoisotopic (exact) mass is 320 g/mol. The Balaban J connectivity index is 2.17. The molecule has 0 aliphatic rings. The Morgan fingerprint density at radius 2 is 1.83 bits per heavy atom. The number of nitriles is 2. The number of hydrogen-bond acceptors (Lipinski definition) is 5. The molecule has 0 spiro atoms. The molecule has 0 aliphatic carbocycles. The van der Waals surface area contributed by atoms with Gasteiger partial charge < -0.3 is 9.47 Å². The molecule has 1 atom stereocenters. The molecule has 0 aromatic heterocycles. The lowest BCUT2D eigenvalue weighted by Gasteiger charge is -2.11. The van der Waals surface area contributed by atoms with Crippen LogP contribution in [0.5, 0.6) is 11.5 Å². The summed E-state index contributed by atoms with van der Waals surface area (Å²) in [4.78, 5) is 11.9. The SMILES string of the molecule is CCC(C)OC(=O)c1ccc(Oc2cccc(C#N)c2C#N)cc1. The molecule has 2 rings (SSSR count). The highest BCUT2D eigenvalue weighted by Gasteiger charge is 2.12. The van der Waals surface area contributed by atoms with Crippen molar-refractivity contribution >= 4 is 5.97 Å². The summed E-state index contributed by atoms with van der Waals surface area (Å²) in [6, 6.07) is 15.2. The Bertz CT molecular complexity index is 814. The molecule has 0 aliphatic heterocycles. The normalized spacial score (nSPS) is 11.0. The minimum absolute atomic E-state index is 0.139. The molecule has 0 saturated carbocycles. The molecule has 0 fully saturated rings. The van der Waals surface area contributed by atoms with E-state index in [9.17, 15) is 10.1 Å². The van der Waals surface area contributed by atoms with Crippen molar-refractivity contribution in [2.75, 3.05) is 0 Å². The maximum Gasteiger partial charge on any atom is 0.338 e. The second-order valence-corrected chi connectivity index (χ2v) is 5.15. The van der Waals surface area contributed by atoms with E-state index >= 15 is 0 Å². The van der Waals surface area contributed by atoms with Crippen LogP contribution in [-0.4, -0.2) is 12.1 Å². The van der Waals surface area contributed by atoms with Crippen LogP contribution in [0, 0.1) is 22.7 Å². The van der Waals surface area contributed by atoms with Crippen molar-refractivity contribution in [3.8, 4) is 23.6 Å². The van der Waals surface area contributed by atoms with Crippen LogP contribution in [0.2, 0.25) is 0 Å². The van der Waals surface area contributed by atoms with Gasteiger partial charge >= 0.3 is 5.97 Å². The van der Waals surface area contributed by atoms with Gasteiger partial charge in [-0.15, -0.1) is 0 Å². The molecule has 2 aromatic rings. The summed E-state index contributed by atoms with van der Waals surface area (Å²) >= 11 is 0. The van der Waals surface area contributed by atoms with Gasteiger partial charge in [0.15, 0.2) is 0 Å². The highest BCUT2D eigenvalue weighted by atomic mass is 16.5. The van der Waals surface area contributed by atoms with Gasteiger partial charge in [0.1, 0.15) is 29.2 Å². The summed E-state index contributed by atoms with van der Waals surface area (Å²) < 4.78 is 10.9. The quantitative estimate of drug-likeness (QED) is 0.772. The molecule has 120 valence electrons. The number of benzene rings is 2. The van der Waals surface area contributed by atoms with Crippen LogP contribution in [0.3, 0.4) is 0 Å². The second-order valence-electron chi connectivity index (χ2n) is 5.15. The molecule has 5 nitrogen and oxygen atoms in total. The van der Waals surface area contributed by atoms with Gasteiger partial charge in [-0.05, 0) is 49.7 Å². The third-order valence-electron chi connectivity index (χ3n) is 3.46. The summed E-state index contributed by atoms with van der Waals surface area (Å²) in [7, 11) is 0. The van der Waals surface area contributed by atoms with E-state index in [0.29, 0.717) is 17.1 Å². The fourth-order valence-electron chi connectivity index (χ4n) is 1.94. The minimum atomic E-state index is -0.389. The molecule has 24 heavy (non-hydrogen) atoms. The summed E-state index contributed by atoms with van der Waals surface area (Å²) in [5.41, 5.74) is 0.859. The Morgan fingerprint density at radius 1 is 1.12 bits per heavy atom. The average Bonchev–Trinajstić information content (AvgIpc) is 2.61. The van der Waals surface area contributed by atoms with Gasteiger partial charge in [-0.1, -0.05) is 13.0 Å². The first kappa shape index (κ1) is 17.1. The smallest absolute Gasteiger partial charge is 0.338 e. The van der Waals surface area contributed by atoms with E-state index in [1.807, 2.05) is 26.0 Å². The van der Waals surface area contributed by atoms with E-state index < -0.39 is 0 Å². The van der Waals surface area contributed by atoms with Crippen molar-refractivity contribution in [3.05, 3.63) is 59.2 Å². The van der Waals surface area contributed by atoms with E-state index in [2.05, 4.69) is 0 Å². The number of ether oxygens (including phenoxy) is 2. The van der Waals surface area contributed by atoms with Gasteiger partial charge in [-0.25, -0.2) is 4.79 Å². The fraction of sp³-hybridized carbons (Fsp3) is 0.211. The Kier molecular flexibility index (Phi) is 5.54. The third kappa shape index (κ3) is 3.91. The van der Waals surface area contributed by atoms with Gasteiger partial charge in [0.05, 0.1) is 17.2 Å². The lowest BCUT2D eigenvalue weighted by Crippen LogP contribution is -2.13. The number of esters is 1. The van der Waals surface area contributed by atoms with Gasteiger partial charge in [0.2, 0.25) is 0 Å². The van der Waals surface area contributed by atoms with E-state index in [-0.39, 0.29) is 23.2 Å². The molecule has 0 bridgehead atoms. The summed E-state index contributed by atoms with van der Waals surface area (Å²) in [5.74, 6) is 0.369. The first-order valence-electron chi connectivity index (χ1n) is 7.51. The molecule has 0 saturated heterocycles. The van der Waals surface area contributed by atoms with Crippen LogP contribution >= 0.6 is 0 Å². The van der Waals surface area contributed by atoms with Gasteiger partial charge in [-0.2, -0.15) is 10.5 Å². The molecule has 0 radical (unpaired) electrons. The standard InChI is InChI=1S/C19H16N2O3/c1-3-13(2)23-19(22)14-7-9-16(10-8-14)24-18-6-4-5-15(11-20)17(18)12-21/h4-10,13H,3H2,1-2H3. The fourth-order valence-corrected chi connectivity index (χ4v) is 1.94. The maximum absolute atomic E-state index is 11.9. The van der Waals surface area contributed by atoms with Gasteiger partial charge in [-0.3, -0.25) is 0 Å². The van der Waals surface area contributed by atoms with Crippen molar-refractivity contribution in [1.82, 2.24) is 0 Å². The zero-order valence-corrected chi connectivity index (χ0v) is 13.4. The minimum Gasteiger partial charge on any atom is -0.459 e. The predicted octanol–water partition coefficient (Wildman–Crippen LogP) is 4.18. The van der Waals surface area contributed by atoms with E-state index in [1.165, 1.54) is 0 Å². The summed E-state index contributed by atoms with van der Waals surface area (Å²) in [6.45, 7) is 3.78. The highest BCUT2D eigenvalue weighted by Crippen LogP contribution is 2.27. The molecule has 2 aromatic carbocycles. The number of hydrogen-bond donors (Lipinski definition) is 0. The first-order chi connectivity index (χ1) is 11.6. The van der Waals surface area contributed by atoms with Crippen molar-refractivity contribution in [2.24, 2.45) is 0 Å². The largest absolute Gasteiger partial charge is 0.459 e. The molecular weight excluding hydrogens is 304 g/mol. The van der Waals surface area contributed by atoms with E-state index in [4.69, 9.17) is 14.7 Å². The zero-order valence-electron chi connectivity index (χ0n) is 13.4. The Morgan fingerprint density at radius 3 is 2.42 bits per heavy atom. The number of rotatable bonds is 5. The van der Waals surface area contributed by atoms with Gasteiger partial charge in [0, 0.05) is 0 Å². The number of carbonyl (C=O) groups is 1. The van der Waals surface area contributed by atoms with Crippen LogP contribution in [0.15, 0.2) is 42.5 Å². The first-order valence-corrected chi connectivity index (χ1v) is 7.51. The zero-order chi connectivity index (χ0) is 17.5. The molecule has 0 heterocycles. The average molecular weight is 320 g/mol. The van der Waals surface area contributed by atoms with Crippen molar-refractivity contribution in [1.29, 1.82) is 10.5 Å². The Labute approximate surface area is 140 Å². The van der Waals surface area contributed by atoms with Crippen LogP contribution in [-0.2, 0) is 4.74 Å². The second kappa shape index (κ2) is 7.80. The van der Waals surface area contributed by atoms with Crippen molar-refractivity contribution in [3.63, 3.8) is 0 Å². The molecular formula is C19H16N2O3. The molecule has 1 unspecified atom stereocenters. The van der Waals surface area contributed by atoms with Crippen LogP contribution < -0.4 is 4.74 Å². The topological polar surface area (TPSA) is 83.1 Å². The van der Waals surface area contributed by atoms with Gasteiger partial charge in [0.25, 0.3) is 0 Å². The summed E-state index contributed by atoms with van der Waals surface area (Å²) in [6.07, 6.45) is 0.611. The number of carbonyl (C=O) groups excluding carboxylic acids is 1. The van der Waals surface area contributed by atoms with Crippen LogP contribution in [0.4, 0.5) is 0 Å². The molecule has 0 N–H and O–H groups in total. The van der Waals surface area contributed by atoms with Crippen LogP contribution in [0.25, 0.3) is 0 Å². The lowest BCUT2D eigenvalue weighted by molar-refractivity contribution is 0.0334. The third-order valence-corrected chi connectivity index (χ3v) is 3.46. The summed E-state index contributed by atoms with van der Waals surface area (Å²) in [5, 5.41) is 18.2. The highest BCUT2D eigenvalue weighted by molar-refractivity contribution is 5.89. The molecule has 0 amide bonds. The Hall–Kier alpha value is -3.31. The predicted molar refractivity (Wildman–Crippen MR) is 87.6 cm³/mol. The molecule has 5 heteroatoms. The number of nitrogens with zero attached hydrogens (tertiary/aromatic N) is 2. The van der Waals surface area contributed by atoms with Crippen molar-refractivity contribution in [2.45, 2.75) is 26.4 Å². The van der Waals surface area contributed by atoms with Crippen LogP contribution in [0.1, 0.15) is 41.8 Å². The van der Waals surface area contributed by atoms with Crippen molar-refractivity contribution < 1.29 is 14.3 Å².